The third-order valence-electron chi connectivity index (χ3n) is 4.53. The highest BCUT2D eigenvalue weighted by Gasteiger charge is 2.17. The molecule has 26 heavy (non-hydrogen) atoms. The Kier molecular flexibility index (Phi) is 7.78. The van der Waals surface area contributed by atoms with Crippen LogP contribution in [0.15, 0.2) is 24.3 Å². The van der Waals surface area contributed by atoms with E-state index in [1.807, 2.05) is 24.3 Å². The van der Waals surface area contributed by atoms with Crippen LogP contribution in [0.4, 0.5) is 11.4 Å². The Morgan fingerprint density at radius 3 is 0.962 bits per heavy atom. The lowest BCUT2D eigenvalue weighted by atomic mass is 10.0. The van der Waals surface area contributed by atoms with Crippen LogP contribution in [-0.2, 0) is 0 Å². The Morgan fingerprint density at radius 1 is 0.538 bits per heavy atom. The summed E-state index contributed by atoms with van der Waals surface area (Å²) in [4.78, 5) is 4.27. The standard InChI is InChI=1S/C20H24Cl4N2/c1-5-25(6-2)19-15(21)9-13(10-16(19)22)14-11-17(23)20(18(24)12-14)26(7-3)8-4/h9-12H,5-8H2,1-4H3. The normalized spacial score (nSPS) is 10.9. The molecule has 0 amide bonds. The molecule has 0 radical (unpaired) electrons. The van der Waals surface area contributed by atoms with Crippen molar-refractivity contribution in [2.24, 2.45) is 0 Å². The van der Waals surface area contributed by atoms with E-state index in [1.54, 1.807) is 0 Å². The van der Waals surface area contributed by atoms with Gasteiger partial charge in [-0.25, -0.2) is 0 Å². The minimum Gasteiger partial charge on any atom is -0.370 e. The van der Waals surface area contributed by atoms with Gasteiger partial charge in [-0.3, -0.25) is 0 Å². The number of anilines is 2. The summed E-state index contributed by atoms with van der Waals surface area (Å²) in [7, 11) is 0. The van der Waals surface area contributed by atoms with E-state index in [4.69, 9.17) is 46.4 Å². The van der Waals surface area contributed by atoms with Crippen molar-refractivity contribution in [2.75, 3.05) is 36.0 Å². The summed E-state index contributed by atoms with van der Waals surface area (Å²) in [6, 6.07) is 7.67. The van der Waals surface area contributed by atoms with Gasteiger partial charge in [-0.2, -0.15) is 0 Å². The van der Waals surface area contributed by atoms with Crippen molar-refractivity contribution in [1.82, 2.24) is 0 Å². The molecule has 0 atom stereocenters. The molecule has 0 saturated carbocycles. The lowest BCUT2D eigenvalue weighted by molar-refractivity contribution is 0.866. The Bertz CT molecular complexity index is 657. The molecule has 2 aromatic carbocycles. The predicted octanol–water partition coefficient (Wildman–Crippen LogP) is 7.66. The van der Waals surface area contributed by atoms with Crippen molar-refractivity contribution in [3.63, 3.8) is 0 Å². The van der Waals surface area contributed by atoms with Gasteiger partial charge >= 0.3 is 0 Å². The van der Waals surface area contributed by atoms with Gasteiger partial charge in [0, 0.05) is 26.2 Å². The van der Waals surface area contributed by atoms with Gasteiger partial charge in [0.1, 0.15) is 0 Å². The van der Waals surface area contributed by atoms with Crippen molar-refractivity contribution >= 4 is 57.8 Å². The molecule has 0 fully saturated rings. The Hall–Kier alpha value is -0.800. The summed E-state index contributed by atoms with van der Waals surface area (Å²) in [6.07, 6.45) is 0. The molecule has 0 bridgehead atoms. The maximum Gasteiger partial charge on any atom is 0.0745 e. The molecule has 0 aromatic heterocycles. The van der Waals surface area contributed by atoms with E-state index in [2.05, 4.69) is 37.5 Å². The second kappa shape index (κ2) is 9.41. The highest BCUT2D eigenvalue weighted by Crippen LogP contribution is 2.42. The SMILES string of the molecule is CCN(CC)c1c(Cl)cc(-c2cc(Cl)c(N(CC)CC)c(Cl)c2)cc1Cl. The van der Waals surface area contributed by atoms with Crippen LogP contribution >= 0.6 is 46.4 Å². The Morgan fingerprint density at radius 2 is 0.769 bits per heavy atom. The highest BCUT2D eigenvalue weighted by atomic mass is 35.5. The van der Waals surface area contributed by atoms with E-state index in [1.165, 1.54) is 0 Å². The lowest BCUT2D eigenvalue weighted by Gasteiger charge is -2.25. The van der Waals surface area contributed by atoms with Crippen LogP contribution < -0.4 is 9.80 Å². The summed E-state index contributed by atoms with van der Waals surface area (Å²) in [5, 5.41) is 2.49. The fourth-order valence-corrected chi connectivity index (χ4v) is 4.60. The van der Waals surface area contributed by atoms with Crippen molar-refractivity contribution in [3.8, 4) is 11.1 Å². The molecule has 2 rings (SSSR count). The van der Waals surface area contributed by atoms with Gasteiger partial charge in [-0.1, -0.05) is 46.4 Å². The molecule has 2 aromatic rings. The molecule has 0 saturated heterocycles. The average molecular weight is 434 g/mol. The van der Waals surface area contributed by atoms with E-state index >= 15 is 0 Å². The molecule has 0 aliphatic rings. The fraction of sp³-hybridized carbons (Fsp3) is 0.400. The molecular formula is C20H24Cl4N2. The highest BCUT2D eigenvalue weighted by molar-refractivity contribution is 6.40. The Labute approximate surface area is 176 Å². The molecule has 0 heterocycles. The molecule has 0 spiro atoms. The van der Waals surface area contributed by atoms with Crippen LogP contribution in [0.5, 0.6) is 0 Å². The summed E-state index contributed by atoms with van der Waals surface area (Å²) in [5.74, 6) is 0. The molecule has 0 aliphatic heterocycles. The van der Waals surface area contributed by atoms with Crippen LogP contribution in [0, 0.1) is 0 Å². The van der Waals surface area contributed by atoms with Crippen LogP contribution in [0.25, 0.3) is 11.1 Å². The van der Waals surface area contributed by atoms with Gasteiger partial charge < -0.3 is 9.80 Å². The van der Waals surface area contributed by atoms with Crippen molar-refractivity contribution < 1.29 is 0 Å². The smallest absolute Gasteiger partial charge is 0.0745 e. The quantitative estimate of drug-likeness (QED) is 0.442. The van der Waals surface area contributed by atoms with Gasteiger partial charge in [0.2, 0.25) is 0 Å². The molecule has 0 N–H and O–H groups in total. The van der Waals surface area contributed by atoms with Crippen molar-refractivity contribution in [1.29, 1.82) is 0 Å². The van der Waals surface area contributed by atoms with Crippen molar-refractivity contribution in [2.45, 2.75) is 27.7 Å². The van der Waals surface area contributed by atoms with Gasteiger partial charge in [-0.05, 0) is 63.1 Å². The maximum absolute atomic E-state index is 6.54. The fourth-order valence-electron chi connectivity index (χ4n) is 3.15. The van der Waals surface area contributed by atoms with Gasteiger partial charge in [-0.15, -0.1) is 0 Å². The van der Waals surface area contributed by atoms with Gasteiger partial charge in [0.25, 0.3) is 0 Å². The zero-order valence-corrected chi connectivity index (χ0v) is 18.6. The van der Waals surface area contributed by atoms with E-state index in [0.717, 1.165) is 48.7 Å². The number of nitrogens with zero attached hydrogens (tertiary/aromatic N) is 2. The van der Waals surface area contributed by atoms with Crippen molar-refractivity contribution in [3.05, 3.63) is 44.4 Å². The number of hydrogen-bond donors (Lipinski definition) is 0. The van der Waals surface area contributed by atoms with Gasteiger partial charge in [0.15, 0.2) is 0 Å². The predicted molar refractivity (Wildman–Crippen MR) is 119 cm³/mol. The maximum atomic E-state index is 6.54. The summed E-state index contributed by atoms with van der Waals surface area (Å²) in [6.45, 7) is 11.7. The largest absolute Gasteiger partial charge is 0.370 e. The van der Waals surface area contributed by atoms with Crippen LogP contribution in [0.1, 0.15) is 27.7 Å². The molecule has 142 valence electrons. The number of halogens is 4. The Balaban J connectivity index is 2.53. The molecule has 2 nitrogen and oxygen atoms in total. The first-order chi connectivity index (χ1) is 12.4. The number of rotatable bonds is 7. The second-order valence-corrected chi connectivity index (χ2v) is 7.55. The minimum absolute atomic E-state index is 0.622. The molecular weight excluding hydrogens is 410 g/mol. The lowest BCUT2D eigenvalue weighted by Crippen LogP contribution is -2.22. The van der Waals surface area contributed by atoms with Crippen LogP contribution in [0.2, 0.25) is 20.1 Å². The third kappa shape index (κ3) is 4.36. The monoisotopic (exact) mass is 432 g/mol. The minimum atomic E-state index is 0.622. The average Bonchev–Trinajstić information content (AvgIpc) is 2.60. The summed E-state index contributed by atoms with van der Waals surface area (Å²) >= 11 is 26.2. The summed E-state index contributed by atoms with van der Waals surface area (Å²) < 4.78 is 0. The first-order valence-electron chi connectivity index (χ1n) is 8.86. The van der Waals surface area contributed by atoms with E-state index < -0.39 is 0 Å². The first-order valence-corrected chi connectivity index (χ1v) is 10.4. The topological polar surface area (TPSA) is 6.48 Å². The van der Waals surface area contributed by atoms with E-state index in [-0.39, 0.29) is 0 Å². The number of benzene rings is 2. The van der Waals surface area contributed by atoms with Crippen LogP contribution in [0.3, 0.4) is 0 Å². The molecule has 0 unspecified atom stereocenters. The van der Waals surface area contributed by atoms with Gasteiger partial charge in [0.05, 0.1) is 31.5 Å². The summed E-state index contributed by atoms with van der Waals surface area (Å²) in [5.41, 5.74) is 3.51. The molecule has 0 aliphatic carbocycles. The van der Waals surface area contributed by atoms with E-state index in [0.29, 0.717) is 20.1 Å². The zero-order valence-electron chi connectivity index (χ0n) is 15.5. The van der Waals surface area contributed by atoms with Crippen LogP contribution in [-0.4, -0.2) is 26.2 Å². The zero-order chi connectivity index (χ0) is 19.4. The second-order valence-electron chi connectivity index (χ2n) is 5.92. The van der Waals surface area contributed by atoms with E-state index in [9.17, 15) is 0 Å². The third-order valence-corrected chi connectivity index (χ3v) is 5.68. The molecule has 6 heteroatoms. The number of hydrogen-bond acceptors (Lipinski definition) is 2. The first kappa shape index (κ1) is 21.5.